The van der Waals surface area contributed by atoms with E-state index in [1.165, 1.54) is 0 Å². The van der Waals surface area contributed by atoms with Crippen LogP contribution >= 0.6 is 11.6 Å². The Morgan fingerprint density at radius 3 is 1.61 bits per heavy atom. The van der Waals surface area contributed by atoms with Crippen molar-refractivity contribution in [3.63, 3.8) is 0 Å². The number of halogens is 12. The molecule has 28 heavy (non-hydrogen) atoms. The second-order valence-electron chi connectivity index (χ2n) is 5.18. The number of alkyl halides is 11. The van der Waals surface area contributed by atoms with Crippen LogP contribution in [0.3, 0.4) is 0 Å². The third-order valence-corrected chi connectivity index (χ3v) is 3.48. The summed E-state index contributed by atoms with van der Waals surface area (Å²) in [5.41, 5.74) is -6.43. The minimum Gasteiger partial charge on any atom is -0.418 e. The normalized spacial score (nSPS) is 18.3. The first-order valence-corrected chi connectivity index (χ1v) is 7.02. The summed E-state index contributed by atoms with van der Waals surface area (Å²) in [5.74, 6) is -11.2. The number of ether oxygens (including phenoxy) is 1. The van der Waals surface area contributed by atoms with Gasteiger partial charge in [-0.25, -0.2) is 9.98 Å². The molecule has 1 heterocycles. The maximum atomic E-state index is 13.5. The van der Waals surface area contributed by atoms with Gasteiger partial charge in [0.2, 0.25) is 5.90 Å². The lowest BCUT2D eigenvalue weighted by molar-refractivity contribution is -0.296. The fourth-order valence-electron chi connectivity index (χ4n) is 1.84. The van der Waals surface area contributed by atoms with Gasteiger partial charge in [0.1, 0.15) is 0 Å². The minimum absolute atomic E-state index is 0.0763. The van der Waals surface area contributed by atoms with E-state index in [2.05, 4.69) is 9.73 Å². The van der Waals surface area contributed by atoms with Crippen LogP contribution in [0.1, 0.15) is 5.56 Å². The highest BCUT2D eigenvalue weighted by Gasteiger charge is 2.76. The van der Waals surface area contributed by atoms with Crippen molar-refractivity contribution in [3.05, 3.63) is 34.9 Å². The van der Waals surface area contributed by atoms with Crippen molar-refractivity contribution in [1.82, 2.24) is 0 Å². The lowest BCUT2D eigenvalue weighted by Gasteiger charge is -2.35. The first kappa shape index (κ1) is 22.2. The smallest absolute Gasteiger partial charge is 0.418 e. The number of aliphatic imine (C=N–C) groups is 2. The summed E-state index contributed by atoms with van der Waals surface area (Å²) in [6.45, 7) is 0. The molecule has 1 aromatic carbocycles. The molecule has 0 radical (unpaired) electrons. The summed E-state index contributed by atoms with van der Waals surface area (Å²) in [6, 6.07) is 3.21. The predicted molar refractivity (Wildman–Crippen MR) is 72.4 cm³/mol. The summed E-state index contributed by atoms with van der Waals surface area (Å²) in [5, 5.41) is -0.0763. The van der Waals surface area contributed by atoms with E-state index in [0.717, 1.165) is 12.1 Å². The van der Waals surface area contributed by atoms with Crippen LogP contribution in [0.4, 0.5) is 48.3 Å². The lowest BCUT2D eigenvalue weighted by Crippen LogP contribution is -2.59. The molecule has 0 amide bonds. The first-order chi connectivity index (χ1) is 12.4. The lowest BCUT2D eigenvalue weighted by atomic mass is 10.1. The highest BCUT2D eigenvalue weighted by molar-refractivity contribution is 6.30. The summed E-state index contributed by atoms with van der Waals surface area (Å²) in [6.07, 6.45) is -19.7. The van der Waals surface area contributed by atoms with Crippen LogP contribution in [0.15, 0.2) is 34.3 Å². The molecular weight excluding hydrogens is 445 g/mol. The largest absolute Gasteiger partial charge is 0.463 e. The quantitative estimate of drug-likeness (QED) is 0.548. The van der Waals surface area contributed by atoms with Crippen molar-refractivity contribution in [2.24, 2.45) is 9.98 Å². The molecular formula is C13H4ClF11N2O. The molecule has 0 saturated heterocycles. The number of benzene rings is 1. The van der Waals surface area contributed by atoms with Crippen molar-refractivity contribution < 1.29 is 53.0 Å². The number of hydrogen-bond acceptors (Lipinski definition) is 3. The van der Waals surface area contributed by atoms with E-state index in [9.17, 15) is 48.3 Å². The Hall–Kier alpha value is -2.12. The van der Waals surface area contributed by atoms with E-state index < -0.39 is 47.5 Å². The second-order valence-corrected chi connectivity index (χ2v) is 5.62. The zero-order chi connectivity index (χ0) is 21.8. The summed E-state index contributed by atoms with van der Waals surface area (Å²) in [4.78, 5) is 3.76. The van der Waals surface area contributed by atoms with Crippen LogP contribution in [-0.4, -0.2) is 41.9 Å². The van der Waals surface area contributed by atoms with E-state index in [-0.39, 0.29) is 5.02 Å². The second kappa shape index (κ2) is 6.46. The van der Waals surface area contributed by atoms with Gasteiger partial charge in [0, 0.05) is 10.6 Å². The third kappa shape index (κ3) is 3.61. The van der Waals surface area contributed by atoms with Crippen LogP contribution in [0.25, 0.3) is 0 Å². The van der Waals surface area contributed by atoms with Gasteiger partial charge in [-0.15, -0.1) is 0 Å². The SMILES string of the molecule is FC(F)(F)C(F)(F)C1=NC(C(F)(F)F)(C(F)(F)F)N=C(c2ccc(Cl)cc2)O1. The molecule has 0 aliphatic carbocycles. The standard InChI is InChI=1S/C13H4ClF11N2O/c14-6-3-1-5(2-4-6)7-26-10(12(20,21)22,13(23,24)25)27-8(28-7)9(15,16)11(17,18)19/h1-4H. The molecule has 0 atom stereocenters. The van der Waals surface area contributed by atoms with Crippen molar-refractivity contribution >= 4 is 23.4 Å². The van der Waals surface area contributed by atoms with Gasteiger partial charge >= 0.3 is 30.1 Å². The molecule has 0 spiro atoms. The van der Waals surface area contributed by atoms with Gasteiger partial charge in [0.15, 0.2) is 0 Å². The van der Waals surface area contributed by atoms with Crippen LogP contribution in [-0.2, 0) is 4.74 Å². The van der Waals surface area contributed by atoms with E-state index in [4.69, 9.17) is 11.6 Å². The molecule has 0 N–H and O–H groups in total. The highest BCUT2D eigenvalue weighted by atomic mass is 35.5. The molecule has 3 nitrogen and oxygen atoms in total. The van der Waals surface area contributed by atoms with Crippen molar-refractivity contribution in [2.45, 2.75) is 30.1 Å². The number of rotatable bonds is 2. The van der Waals surface area contributed by atoms with Crippen LogP contribution in [0.5, 0.6) is 0 Å². The highest BCUT2D eigenvalue weighted by Crippen LogP contribution is 2.50. The monoisotopic (exact) mass is 448 g/mol. The van der Waals surface area contributed by atoms with Gasteiger partial charge < -0.3 is 4.74 Å². The van der Waals surface area contributed by atoms with Gasteiger partial charge in [0.25, 0.3) is 5.90 Å². The summed E-state index contributed by atoms with van der Waals surface area (Å²) in [7, 11) is 0. The zero-order valence-electron chi connectivity index (χ0n) is 12.6. The summed E-state index contributed by atoms with van der Waals surface area (Å²) < 4.78 is 147. The minimum atomic E-state index is -6.60. The average Bonchev–Trinajstić information content (AvgIpc) is 2.52. The Bertz CT molecular complexity index is 792. The molecule has 15 heteroatoms. The first-order valence-electron chi connectivity index (χ1n) is 6.64. The van der Waals surface area contributed by atoms with Crippen LogP contribution < -0.4 is 0 Å². The van der Waals surface area contributed by atoms with Crippen molar-refractivity contribution in [3.8, 4) is 0 Å². The molecule has 0 aromatic heterocycles. The van der Waals surface area contributed by atoms with Crippen molar-refractivity contribution in [2.75, 3.05) is 0 Å². The predicted octanol–water partition coefficient (Wildman–Crippen LogP) is 5.53. The van der Waals surface area contributed by atoms with Crippen LogP contribution in [0, 0.1) is 0 Å². The van der Waals surface area contributed by atoms with E-state index >= 15 is 0 Å². The number of hydrogen-bond donors (Lipinski definition) is 0. The van der Waals surface area contributed by atoms with Crippen LogP contribution in [0.2, 0.25) is 5.02 Å². The Balaban J connectivity index is 2.81. The fourth-order valence-corrected chi connectivity index (χ4v) is 1.97. The van der Waals surface area contributed by atoms with E-state index in [1.807, 2.05) is 0 Å². The van der Waals surface area contributed by atoms with Gasteiger partial charge in [-0.2, -0.15) is 48.3 Å². The molecule has 0 unspecified atom stereocenters. The van der Waals surface area contributed by atoms with Gasteiger partial charge in [-0.3, -0.25) is 0 Å². The van der Waals surface area contributed by atoms with Crippen molar-refractivity contribution in [1.29, 1.82) is 0 Å². The Kier molecular flexibility index (Phi) is 5.11. The third-order valence-electron chi connectivity index (χ3n) is 3.23. The number of nitrogens with zero attached hydrogens (tertiary/aromatic N) is 2. The molecule has 2 rings (SSSR count). The molecule has 1 aromatic rings. The maximum absolute atomic E-state index is 13.5. The Labute approximate surface area is 152 Å². The topological polar surface area (TPSA) is 34.0 Å². The molecule has 0 bridgehead atoms. The van der Waals surface area contributed by atoms with E-state index in [1.54, 1.807) is 4.99 Å². The van der Waals surface area contributed by atoms with Gasteiger partial charge in [-0.1, -0.05) is 11.6 Å². The van der Waals surface area contributed by atoms with E-state index in [0.29, 0.717) is 12.1 Å². The molecule has 0 saturated carbocycles. The molecule has 1 aliphatic rings. The average molecular weight is 449 g/mol. The molecule has 0 fully saturated rings. The Morgan fingerprint density at radius 2 is 1.21 bits per heavy atom. The zero-order valence-corrected chi connectivity index (χ0v) is 13.4. The van der Waals surface area contributed by atoms with Gasteiger partial charge in [0.05, 0.1) is 0 Å². The van der Waals surface area contributed by atoms with Gasteiger partial charge in [-0.05, 0) is 24.3 Å². The maximum Gasteiger partial charge on any atom is 0.463 e. The Morgan fingerprint density at radius 1 is 0.750 bits per heavy atom. The molecule has 156 valence electrons. The fraction of sp³-hybridized carbons (Fsp3) is 0.385. The summed E-state index contributed by atoms with van der Waals surface area (Å²) >= 11 is 5.48. The molecule has 1 aliphatic heterocycles.